The van der Waals surface area contributed by atoms with Crippen molar-refractivity contribution < 1.29 is 9.84 Å². The lowest BCUT2D eigenvalue weighted by atomic mass is 10.3. The van der Waals surface area contributed by atoms with E-state index in [0.717, 1.165) is 11.5 Å². The molecule has 0 saturated heterocycles. The van der Waals surface area contributed by atoms with Crippen LogP contribution >= 0.6 is 0 Å². The smallest absolute Gasteiger partial charge is 0.209 e. The number of rotatable bonds is 1. The number of para-hydroxylation sites is 2. The van der Waals surface area contributed by atoms with Gasteiger partial charge in [0.1, 0.15) is 16.6 Å². The molecule has 102 valence electrons. The van der Waals surface area contributed by atoms with Gasteiger partial charge in [-0.05, 0) is 48.5 Å². The van der Waals surface area contributed by atoms with E-state index < -0.39 is 0 Å². The Labute approximate surface area is 126 Å². The second-order valence-corrected chi connectivity index (χ2v) is 6.76. The van der Waals surface area contributed by atoms with Gasteiger partial charge >= 0.3 is 0 Å². The Balaban J connectivity index is 1.95. The van der Waals surface area contributed by atoms with Gasteiger partial charge in [0.05, 0.1) is 0 Å². The van der Waals surface area contributed by atoms with Gasteiger partial charge in [0, 0.05) is 0 Å². The number of phenols is 1. The fraction of sp³-hybridized carbons (Fsp3) is 0. The van der Waals surface area contributed by atoms with Gasteiger partial charge in [-0.2, -0.15) is 0 Å². The first-order valence-electron chi connectivity index (χ1n) is 6.72. The molecule has 0 atom stereocenters. The van der Waals surface area contributed by atoms with E-state index in [-0.39, 0.29) is 16.6 Å². The topological polar surface area (TPSA) is 29.5 Å². The van der Waals surface area contributed by atoms with Gasteiger partial charge in [0.25, 0.3) is 0 Å². The van der Waals surface area contributed by atoms with Gasteiger partial charge in [0.15, 0.2) is 16.4 Å². The normalized spacial score (nSPS) is 13.1. The lowest BCUT2D eigenvalue weighted by molar-refractivity contribution is 0.453. The van der Waals surface area contributed by atoms with Crippen molar-refractivity contribution in [2.45, 2.75) is 14.7 Å². The molecule has 1 aliphatic rings. The SMILES string of the molecule is Oc1ccc([S+]2c3ccccc3Oc3ccccc32)cc1. The van der Waals surface area contributed by atoms with E-state index in [1.165, 1.54) is 14.7 Å². The van der Waals surface area contributed by atoms with Crippen LogP contribution in [-0.2, 0) is 10.9 Å². The highest BCUT2D eigenvalue weighted by Crippen LogP contribution is 2.46. The Bertz CT molecular complexity index is 751. The Morgan fingerprint density at radius 2 is 1.19 bits per heavy atom. The highest BCUT2D eigenvalue weighted by Gasteiger charge is 2.38. The molecule has 0 fully saturated rings. The summed E-state index contributed by atoms with van der Waals surface area (Å²) in [7, 11) is -0.202. The number of hydrogen-bond donors (Lipinski definition) is 1. The largest absolute Gasteiger partial charge is 0.508 e. The van der Waals surface area contributed by atoms with Crippen LogP contribution in [0.4, 0.5) is 0 Å². The van der Waals surface area contributed by atoms with Crippen LogP contribution in [0.1, 0.15) is 0 Å². The third-order valence-corrected chi connectivity index (χ3v) is 5.73. The maximum atomic E-state index is 9.52. The number of phenolic OH excluding ortho intramolecular Hbond substituents is 1. The molecule has 2 nitrogen and oxygen atoms in total. The van der Waals surface area contributed by atoms with Crippen LogP contribution in [0.15, 0.2) is 87.5 Å². The fourth-order valence-corrected chi connectivity index (χ4v) is 4.68. The minimum absolute atomic E-state index is 0.202. The van der Waals surface area contributed by atoms with E-state index in [2.05, 4.69) is 12.1 Å². The quantitative estimate of drug-likeness (QED) is 0.520. The summed E-state index contributed by atoms with van der Waals surface area (Å²) in [6.45, 7) is 0. The highest BCUT2D eigenvalue weighted by atomic mass is 32.2. The molecular weight excluding hydrogens is 280 g/mol. The average molecular weight is 293 g/mol. The predicted octanol–water partition coefficient (Wildman–Crippen LogP) is 4.59. The summed E-state index contributed by atoms with van der Waals surface area (Å²) in [6, 6.07) is 23.7. The minimum Gasteiger partial charge on any atom is -0.508 e. The first-order chi connectivity index (χ1) is 10.3. The Kier molecular flexibility index (Phi) is 2.86. The molecule has 3 heteroatoms. The molecule has 0 saturated carbocycles. The fourth-order valence-electron chi connectivity index (χ4n) is 2.48. The zero-order chi connectivity index (χ0) is 14.2. The van der Waals surface area contributed by atoms with Crippen molar-refractivity contribution in [2.24, 2.45) is 0 Å². The summed E-state index contributed by atoms with van der Waals surface area (Å²) in [4.78, 5) is 3.54. The first-order valence-corrected chi connectivity index (χ1v) is 7.95. The zero-order valence-corrected chi connectivity index (χ0v) is 12.0. The summed E-state index contributed by atoms with van der Waals surface area (Å²) in [5, 5.41) is 9.52. The molecule has 0 aliphatic carbocycles. The molecule has 0 amide bonds. The van der Waals surface area contributed by atoms with Gasteiger partial charge < -0.3 is 9.84 Å². The van der Waals surface area contributed by atoms with E-state index in [4.69, 9.17) is 4.74 Å². The molecular formula is C18H13O2S+. The summed E-state index contributed by atoms with van der Waals surface area (Å²) >= 11 is 0. The molecule has 1 heterocycles. The maximum Gasteiger partial charge on any atom is 0.209 e. The third-order valence-electron chi connectivity index (χ3n) is 3.43. The molecule has 1 N–H and O–H groups in total. The van der Waals surface area contributed by atoms with Gasteiger partial charge in [0.2, 0.25) is 9.79 Å². The molecule has 3 aromatic rings. The number of aromatic hydroxyl groups is 1. The first kappa shape index (κ1) is 12.4. The van der Waals surface area contributed by atoms with Crippen molar-refractivity contribution >= 4 is 10.9 Å². The molecule has 1 aliphatic heterocycles. The lowest BCUT2D eigenvalue weighted by Crippen LogP contribution is -2.12. The van der Waals surface area contributed by atoms with E-state index in [0.29, 0.717) is 0 Å². The number of fused-ring (bicyclic) bond motifs is 2. The standard InChI is InChI=1S/C18H12O2S/c19-13-9-11-14(12-10-13)21-17-7-3-1-5-15(17)20-16-6-2-4-8-18(16)21/h1-12H/p+1. The Morgan fingerprint density at radius 3 is 1.76 bits per heavy atom. The van der Waals surface area contributed by atoms with Crippen LogP contribution in [0.3, 0.4) is 0 Å². The van der Waals surface area contributed by atoms with Crippen LogP contribution in [0.2, 0.25) is 0 Å². The number of benzene rings is 3. The van der Waals surface area contributed by atoms with Crippen molar-refractivity contribution in [3.05, 3.63) is 72.8 Å². The lowest BCUT2D eigenvalue weighted by Gasteiger charge is -2.19. The van der Waals surface area contributed by atoms with Gasteiger partial charge in [-0.3, -0.25) is 0 Å². The van der Waals surface area contributed by atoms with Crippen LogP contribution in [0, 0.1) is 0 Å². The molecule has 0 aromatic heterocycles. The van der Waals surface area contributed by atoms with Crippen LogP contribution in [0.25, 0.3) is 0 Å². The highest BCUT2D eigenvalue weighted by molar-refractivity contribution is 7.97. The molecule has 0 unspecified atom stereocenters. The van der Waals surface area contributed by atoms with Crippen molar-refractivity contribution in [3.63, 3.8) is 0 Å². The molecule has 0 radical (unpaired) electrons. The van der Waals surface area contributed by atoms with Crippen molar-refractivity contribution in [3.8, 4) is 17.2 Å². The van der Waals surface area contributed by atoms with E-state index >= 15 is 0 Å². The second kappa shape index (κ2) is 4.86. The van der Waals surface area contributed by atoms with E-state index in [9.17, 15) is 5.11 Å². The molecule has 4 rings (SSSR count). The average Bonchev–Trinajstić information content (AvgIpc) is 2.53. The monoisotopic (exact) mass is 293 g/mol. The van der Waals surface area contributed by atoms with Gasteiger partial charge in [-0.15, -0.1) is 0 Å². The van der Waals surface area contributed by atoms with E-state index in [1.54, 1.807) is 12.1 Å². The molecule has 0 bridgehead atoms. The summed E-state index contributed by atoms with van der Waals surface area (Å²) < 4.78 is 6.01. The number of ether oxygens (including phenoxy) is 1. The third kappa shape index (κ3) is 2.06. The molecule has 3 aromatic carbocycles. The van der Waals surface area contributed by atoms with Gasteiger partial charge in [-0.1, -0.05) is 24.3 Å². The Morgan fingerprint density at radius 1 is 0.667 bits per heavy atom. The molecule has 0 spiro atoms. The van der Waals surface area contributed by atoms with Gasteiger partial charge in [-0.25, -0.2) is 0 Å². The maximum absolute atomic E-state index is 9.52. The van der Waals surface area contributed by atoms with Crippen molar-refractivity contribution in [1.82, 2.24) is 0 Å². The molecule has 21 heavy (non-hydrogen) atoms. The minimum atomic E-state index is -0.202. The Hall–Kier alpha value is -2.39. The predicted molar refractivity (Wildman–Crippen MR) is 83.2 cm³/mol. The van der Waals surface area contributed by atoms with Crippen molar-refractivity contribution in [1.29, 1.82) is 0 Å². The number of hydrogen-bond acceptors (Lipinski definition) is 2. The van der Waals surface area contributed by atoms with Crippen LogP contribution in [0.5, 0.6) is 17.2 Å². The van der Waals surface area contributed by atoms with Crippen LogP contribution < -0.4 is 4.74 Å². The zero-order valence-electron chi connectivity index (χ0n) is 11.2. The van der Waals surface area contributed by atoms with E-state index in [1.807, 2.05) is 48.5 Å². The second-order valence-electron chi connectivity index (χ2n) is 4.80. The van der Waals surface area contributed by atoms with Crippen LogP contribution in [-0.4, -0.2) is 5.11 Å². The van der Waals surface area contributed by atoms with Crippen molar-refractivity contribution in [2.75, 3.05) is 0 Å². The summed E-state index contributed by atoms with van der Waals surface area (Å²) in [6.07, 6.45) is 0. The summed E-state index contributed by atoms with van der Waals surface area (Å²) in [5.74, 6) is 2.11. The summed E-state index contributed by atoms with van der Waals surface area (Å²) in [5.41, 5.74) is 0.